The van der Waals surface area contributed by atoms with Crippen molar-refractivity contribution in [1.29, 1.82) is 0 Å². The van der Waals surface area contributed by atoms with Crippen LogP contribution in [0.5, 0.6) is 0 Å². The molecule has 1 fully saturated rings. The van der Waals surface area contributed by atoms with Crippen LogP contribution in [0.1, 0.15) is 62.9 Å². The van der Waals surface area contributed by atoms with E-state index in [2.05, 4.69) is 39.8 Å². The lowest BCUT2D eigenvalue weighted by molar-refractivity contribution is 0.0494. The fraction of sp³-hybridized carbons (Fsp3) is 0.611. The Kier molecular flexibility index (Phi) is 4.72. The molecule has 1 aromatic rings. The van der Waals surface area contributed by atoms with Gasteiger partial charge >= 0.3 is 0 Å². The Balaban J connectivity index is 2.22. The summed E-state index contributed by atoms with van der Waals surface area (Å²) in [6.45, 7) is 9.22. The van der Waals surface area contributed by atoms with Gasteiger partial charge in [0.1, 0.15) is 0 Å². The zero-order valence-electron chi connectivity index (χ0n) is 13.7. The molecule has 1 aliphatic heterocycles. The molecule has 0 radical (unpaired) electrons. The van der Waals surface area contributed by atoms with Gasteiger partial charge in [0.2, 0.25) is 0 Å². The maximum absolute atomic E-state index is 12.8. The third kappa shape index (κ3) is 3.46. The highest BCUT2D eigenvalue weighted by Gasteiger charge is 2.31. The first-order valence-corrected chi connectivity index (χ1v) is 7.98. The van der Waals surface area contributed by atoms with Crippen LogP contribution in [-0.2, 0) is 5.41 Å². The predicted molar refractivity (Wildman–Crippen MR) is 87.5 cm³/mol. The topological polar surface area (TPSA) is 46.3 Å². The molecule has 1 saturated heterocycles. The summed E-state index contributed by atoms with van der Waals surface area (Å²) in [4.78, 5) is 14.8. The highest BCUT2D eigenvalue weighted by atomic mass is 16.2. The van der Waals surface area contributed by atoms with Gasteiger partial charge in [-0.15, -0.1) is 0 Å². The van der Waals surface area contributed by atoms with E-state index in [1.165, 1.54) is 5.56 Å². The third-order valence-electron chi connectivity index (χ3n) is 4.53. The van der Waals surface area contributed by atoms with Crippen molar-refractivity contribution in [2.24, 2.45) is 5.73 Å². The summed E-state index contributed by atoms with van der Waals surface area (Å²) in [6.07, 6.45) is 3.25. The van der Waals surface area contributed by atoms with Crippen molar-refractivity contribution in [2.45, 2.75) is 64.5 Å². The molecular formula is C18H28N2O. The van der Waals surface area contributed by atoms with Crippen molar-refractivity contribution < 1.29 is 4.79 Å². The lowest BCUT2D eigenvalue weighted by Gasteiger charge is -2.40. The Hall–Kier alpha value is -1.35. The van der Waals surface area contributed by atoms with Crippen molar-refractivity contribution in [3.8, 4) is 0 Å². The molecule has 2 N–H and O–H groups in total. The van der Waals surface area contributed by atoms with E-state index in [0.717, 1.165) is 24.8 Å². The van der Waals surface area contributed by atoms with E-state index in [1.807, 2.05) is 17.0 Å². The first-order chi connectivity index (χ1) is 9.84. The monoisotopic (exact) mass is 288 g/mol. The van der Waals surface area contributed by atoms with Crippen molar-refractivity contribution in [2.75, 3.05) is 6.54 Å². The minimum Gasteiger partial charge on any atom is -0.332 e. The van der Waals surface area contributed by atoms with E-state index in [1.54, 1.807) is 0 Å². The van der Waals surface area contributed by atoms with Gasteiger partial charge in [-0.1, -0.05) is 32.9 Å². The Morgan fingerprint density at radius 1 is 1.24 bits per heavy atom. The number of nitrogens with two attached hydrogens (primary N) is 1. The molecule has 21 heavy (non-hydrogen) atoms. The molecule has 2 rings (SSSR count). The Morgan fingerprint density at radius 3 is 2.38 bits per heavy atom. The summed E-state index contributed by atoms with van der Waals surface area (Å²) in [6, 6.07) is 8.51. The summed E-state index contributed by atoms with van der Waals surface area (Å²) >= 11 is 0. The molecule has 3 heteroatoms. The Bertz CT molecular complexity index is 487. The third-order valence-corrected chi connectivity index (χ3v) is 4.53. The lowest BCUT2D eigenvalue weighted by atomic mass is 9.86. The molecule has 2 atom stereocenters. The summed E-state index contributed by atoms with van der Waals surface area (Å²) in [5, 5.41) is 0. The molecule has 2 unspecified atom stereocenters. The van der Waals surface area contributed by atoms with E-state index in [9.17, 15) is 4.79 Å². The van der Waals surface area contributed by atoms with E-state index < -0.39 is 0 Å². The first kappa shape index (κ1) is 16.0. The molecular weight excluding hydrogens is 260 g/mol. The summed E-state index contributed by atoms with van der Waals surface area (Å²) < 4.78 is 0. The average Bonchev–Trinajstić information content (AvgIpc) is 2.45. The van der Waals surface area contributed by atoms with Crippen LogP contribution in [0.2, 0.25) is 0 Å². The zero-order chi connectivity index (χ0) is 15.6. The van der Waals surface area contributed by atoms with Crippen LogP contribution in [0.15, 0.2) is 24.3 Å². The quantitative estimate of drug-likeness (QED) is 0.907. The minimum atomic E-state index is 0.111. The molecule has 0 bridgehead atoms. The molecule has 1 heterocycles. The van der Waals surface area contributed by atoms with Crippen molar-refractivity contribution >= 4 is 5.91 Å². The highest BCUT2D eigenvalue weighted by molar-refractivity contribution is 5.94. The fourth-order valence-corrected chi connectivity index (χ4v) is 3.15. The lowest BCUT2D eigenvalue weighted by Crippen LogP contribution is -2.51. The number of hydrogen-bond acceptors (Lipinski definition) is 2. The number of likely N-dealkylation sites (tertiary alicyclic amines) is 1. The molecule has 0 saturated carbocycles. The smallest absolute Gasteiger partial charge is 0.254 e. The van der Waals surface area contributed by atoms with Gasteiger partial charge in [-0.3, -0.25) is 4.79 Å². The van der Waals surface area contributed by atoms with Crippen molar-refractivity contribution in [3.63, 3.8) is 0 Å². The van der Waals surface area contributed by atoms with Crippen LogP contribution < -0.4 is 5.73 Å². The molecule has 1 aromatic carbocycles. The van der Waals surface area contributed by atoms with Gasteiger partial charge in [-0.05, 0) is 49.3 Å². The van der Waals surface area contributed by atoms with Gasteiger partial charge in [0, 0.05) is 24.2 Å². The van der Waals surface area contributed by atoms with Gasteiger partial charge in [0.05, 0.1) is 0 Å². The summed E-state index contributed by atoms with van der Waals surface area (Å²) in [7, 11) is 0. The Labute approximate surface area is 128 Å². The second-order valence-electron chi connectivity index (χ2n) is 7.21. The van der Waals surface area contributed by atoms with Crippen LogP contribution in [0.4, 0.5) is 0 Å². The number of rotatable bonds is 2. The SMILES string of the molecule is CC1CCCC(CN)N1C(=O)c1ccc(C(C)(C)C)cc1. The molecule has 0 aliphatic carbocycles. The maximum atomic E-state index is 12.8. The minimum absolute atomic E-state index is 0.111. The molecule has 0 spiro atoms. The second-order valence-corrected chi connectivity index (χ2v) is 7.21. The first-order valence-electron chi connectivity index (χ1n) is 7.98. The van der Waals surface area contributed by atoms with Gasteiger partial charge in [-0.25, -0.2) is 0 Å². The summed E-state index contributed by atoms with van der Waals surface area (Å²) in [5.74, 6) is 0.123. The molecule has 116 valence electrons. The molecule has 0 aromatic heterocycles. The molecule has 1 aliphatic rings. The van der Waals surface area contributed by atoms with Crippen LogP contribution in [0.3, 0.4) is 0 Å². The second kappa shape index (κ2) is 6.18. The van der Waals surface area contributed by atoms with E-state index in [-0.39, 0.29) is 23.4 Å². The van der Waals surface area contributed by atoms with Crippen molar-refractivity contribution in [3.05, 3.63) is 35.4 Å². The summed E-state index contributed by atoms with van der Waals surface area (Å²) in [5.41, 5.74) is 7.99. The van der Waals surface area contributed by atoms with Gasteiger partial charge in [0.25, 0.3) is 5.91 Å². The number of hydrogen-bond donors (Lipinski definition) is 1. The maximum Gasteiger partial charge on any atom is 0.254 e. The fourth-order valence-electron chi connectivity index (χ4n) is 3.15. The van der Waals surface area contributed by atoms with Crippen LogP contribution in [0, 0.1) is 0 Å². The average molecular weight is 288 g/mol. The number of amides is 1. The Morgan fingerprint density at radius 2 is 1.86 bits per heavy atom. The van der Waals surface area contributed by atoms with Crippen LogP contribution in [-0.4, -0.2) is 29.4 Å². The van der Waals surface area contributed by atoms with E-state index >= 15 is 0 Å². The normalized spacial score (nSPS) is 23.2. The zero-order valence-corrected chi connectivity index (χ0v) is 13.7. The highest BCUT2D eigenvalue weighted by Crippen LogP contribution is 2.26. The number of piperidine rings is 1. The van der Waals surface area contributed by atoms with Crippen molar-refractivity contribution in [1.82, 2.24) is 4.90 Å². The van der Waals surface area contributed by atoms with Gasteiger partial charge < -0.3 is 10.6 Å². The number of benzene rings is 1. The van der Waals surface area contributed by atoms with E-state index in [4.69, 9.17) is 5.73 Å². The number of carbonyl (C=O) groups excluding carboxylic acids is 1. The molecule has 3 nitrogen and oxygen atoms in total. The van der Waals surface area contributed by atoms with Gasteiger partial charge in [-0.2, -0.15) is 0 Å². The largest absolute Gasteiger partial charge is 0.332 e. The van der Waals surface area contributed by atoms with E-state index in [0.29, 0.717) is 6.54 Å². The predicted octanol–water partition coefficient (Wildman–Crippen LogP) is 3.33. The number of carbonyl (C=O) groups is 1. The number of nitrogens with zero attached hydrogens (tertiary/aromatic N) is 1. The molecule has 1 amide bonds. The van der Waals surface area contributed by atoms with Crippen LogP contribution in [0.25, 0.3) is 0 Å². The standard InChI is InChI=1S/C18H28N2O/c1-13-6-5-7-16(12-19)20(13)17(21)14-8-10-15(11-9-14)18(2,3)4/h8-11,13,16H,5-7,12,19H2,1-4H3. The van der Waals surface area contributed by atoms with Gasteiger partial charge in [0.15, 0.2) is 0 Å². The van der Waals surface area contributed by atoms with Crippen LogP contribution >= 0.6 is 0 Å².